The Hall–Kier alpha value is -4.27. The highest BCUT2D eigenvalue weighted by molar-refractivity contribution is 5.73. The Morgan fingerprint density at radius 2 is 2.17 bits per heavy atom. The van der Waals surface area contributed by atoms with Gasteiger partial charge in [0.15, 0.2) is 17.2 Å². The average Bonchev–Trinajstić information content (AvgIpc) is 3.41. The van der Waals surface area contributed by atoms with Gasteiger partial charge in [0.05, 0.1) is 24.7 Å². The van der Waals surface area contributed by atoms with Crippen molar-refractivity contribution in [3.05, 3.63) is 42.5 Å². The summed E-state index contributed by atoms with van der Waals surface area (Å²) >= 11 is 0. The van der Waals surface area contributed by atoms with Crippen molar-refractivity contribution in [2.75, 3.05) is 31.0 Å². The summed E-state index contributed by atoms with van der Waals surface area (Å²) in [4.78, 5) is 4.19. The molecule has 3 heterocycles. The largest absolute Gasteiger partial charge is 0.497 e. The molecule has 0 aliphatic heterocycles. The number of hydrogen-bond donors (Lipinski definition) is 2. The van der Waals surface area contributed by atoms with Gasteiger partial charge in [0.2, 0.25) is 0 Å². The molecule has 0 aliphatic carbocycles. The molecule has 0 fully saturated rings. The van der Waals surface area contributed by atoms with Gasteiger partial charge in [-0.05, 0) is 16.5 Å². The number of tetrazole rings is 1. The standard InChI is InChI=1S/C17H15FN10O/c1-29-14-5-11(4-12(6-14)27-10-22-25-26-27)23-16-7-15(20-3-2-18)17-21-9-13(8-19)28(17)24-16/h4-7,9-10,20H,2-3H2,1H3,(H,23,24). The van der Waals surface area contributed by atoms with Crippen molar-refractivity contribution in [3.8, 4) is 17.5 Å². The van der Waals surface area contributed by atoms with Crippen molar-refractivity contribution in [2.24, 2.45) is 0 Å². The molecule has 0 spiro atoms. The number of benzene rings is 1. The number of hydrogen-bond acceptors (Lipinski definition) is 9. The molecule has 29 heavy (non-hydrogen) atoms. The van der Waals surface area contributed by atoms with Crippen LogP contribution in [-0.4, -0.2) is 55.1 Å². The van der Waals surface area contributed by atoms with Crippen molar-refractivity contribution < 1.29 is 9.13 Å². The number of methoxy groups -OCH3 is 1. The Labute approximate surface area is 163 Å². The zero-order valence-electron chi connectivity index (χ0n) is 15.2. The molecule has 146 valence electrons. The number of ether oxygens (including phenoxy) is 1. The van der Waals surface area contributed by atoms with Crippen molar-refractivity contribution in [2.45, 2.75) is 0 Å². The lowest BCUT2D eigenvalue weighted by Gasteiger charge is -2.12. The number of nitrogens with zero attached hydrogens (tertiary/aromatic N) is 8. The number of anilines is 3. The number of fused-ring (bicyclic) bond motifs is 1. The summed E-state index contributed by atoms with van der Waals surface area (Å²) in [6.07, 6.45) is 2.88. The third-order valence-electron chi connectivity index (χ3n) is 4.01. The number of imidazole rings is 1. The van der Waals surface area contributed by atoms with E-state index in [0.717, 1.165) is 0 Å². The molecule has 4 aromatic rings. The molecular formula is C17H15FN10O. The normalized spacial score (nSPS) is 10.7. The van der Waals surface area contributed by atoms with Gasteiger partial charge >= 0.3 is 0 Å². The lowest BCUT2D eigenvalue weighted by atomic mass is 10.2. The molecule has 0 radical (unpaired) electrons. The topological polar surface area (TPSA) is 131 Å². The van der Waals surface area contributed by atoms with E-state index in [1.165, 1.54) is 21.7 Å². The van der Waals surface area contributed by atoms with Gasteiger partial charge in [0, 0.05) is 30.4 Å². The van der Waals surface area contributed by atoms with Crippen LogP contribution >= 0.6 is 0 Å². The predicted octanol–water partition coefficient (Wildman–Crippen LogP) is 1.71. The summed E-state index contributed by atoms with van der Waals surface area (Å²) in [6, 6.07) is 9.07. The van der Waals surface area contributed by atoms with Gasteiger partial charge in [-0.25, -0.2) is 14.1 Å². The van der Waals surface area contributed by atoms with Crippen LogP contribution in [0.5, 0.6) is 5.75 Å². The van der Waals surface area contributed by atoms with Crippen LogP contribution in [0.4, 0.5) is 21.6 Å². The number of nitrogens with one attached hydrogen (secondary N) is 2. The summed E-state index contributed by atoms with van der Waals surface area (Å²) in [5, 5.41) is 31.0. The van der Waals surface area contributed by atoms with E-state index in [-0.39, 0.29) is 12.2 Å². The molecule has 3 aromatic heterocycles. The number of rotatable bonds is 7. The smallest absolute Gasteiger partial charge is 0.178 e. The van der Waals surface area contributed by atoms with Crippen molar-refractivity contribution in [1.29, 1.82) is 5.26 Å². The van der Waals surface area contributed by atoms with Crippen LogP contribution in [0.3, 0.4) is 0 Å². The molecule has 12 heteroatoms. The molecule has 11 nitrogen and oxygen atoms in total. The molecule has 0 atom stereocenters. The van der Waals surface area contributed by atoms with Crippen molar-refractivity contribution in [3.63, 3.8) is 0 Å². The van der Waals surface area contributed by atoms with E-state index in [1.54, 1.807) is 31.4 Å². The van der Waals surface area contributed by atoms with Gasteiger partial charge in [-0.2, -0.15) is 9.78 Å². The number of aromatic nitrogens is 7. The minimum absolute atomic E-state index is 0.108. The highest BCUT2D eigenvalue weighted by Gasteiger charge is 2.12. The Bertz CT molecular complexity index is 1180. The van der Waals surface area contributed by atoms with Gasteiger partial charge in [0.1, 0.15) is 24.8 Å². The van der Waals surface area contributed by atoms with E-state index >= 15 is 0 Å². The Balaban J connectivity index is 1.75. The van der Waals surface area contributed by atoms with Crippen LogP contribution in [0.2, 0.25) is 0 Å². The van der Waals surface area contributed by atoms with Gasteiger partial charge in [-0.3, -0.25) is 0 Å². The monoisotopic (exact) mass is 394 g/mol. The van der Waals surface area contributed by atoms with Gasteiger partial charge in [-0.1, -0.05) is 0 Å². The van der Waals surface area contributed by atoms with Crippen molar-refractivity contribution in [1.82, 2.24) is 34.8 Å². The molecule has 4 rings (SSSR count). The first-order valence-corrected chi connectivity index (χ1v) is 8.50. The zero-order valence-corrected chi connectivity index (χ0v) is 15.2. The van der Waals surface area contributed by atoms with Crippen LogP contribution in [0.1, 0.15) is 5.69 Å². The minimum atomic E-state index is -0.547. The maximum atomic E-state index is 12.7. The fraction of sp³-hybridized carbons (Fsp3) is 0.176. The maximum absolute atomic E-state index is 12.7. The average molecular weight is 394 g/mol. The first-order valence-electron chi connectivity index (χ1n) is 8.50. The SMILES string of the molecule is COc1cc(Nc2cc(NCCF)c3ncc(C#N)n3n2)cc(-n2cnnn2)c1. The van der Waals surface area contributed by atoms with Crippen LogP contribution in [0.25, 0.3) is 11.3 Å². The first-order chi connectivity index (χ1) is 14.2. The Morgan fingerprint density at radius 3 is 2.90 bits per heavy atom. The molecule has 0 saturated heterocycles. The molecule has 0 unspecified atom stereocenters. The quantitative estimate of drug-likeness (QED) is 0.481. The number of nitriles is 1. The lowest BCUT2D eigenvalue weighted by molar-refractivity contribution is 0.414. The van der Waals surface area contributed by atoms with Crippen LogP contribution < -0.4 is 15.4 Å². The van der Waals surface area contributed by atoms with Gasteiger partial charge in [-0.15, -0.1) is 10.2 Å². The first kappa shape index (κ1) is 18.1. The summed E-state index contributed by atoms with van der Waals surface area (Å²) in [5.41, 5.74) is 2.56. The van der Waals surface area contributed by atoms with Gasteiger partial charge in [0.25, 0.3) is 0 Å². The van der Waals surface area contributed by atoms with E-state index in [4.69, 9.17) is 4.74 Å². The Kier molecular flexibility index (Phi) is 4.85. The summed E-state index contributed by atoms with van der Waals surface area (Å²) in [7, 11) is 1.55. The Morgan fingerprint density at radius 1 is 1.28 bits per heavy atom. The molecule has 0 bridgehead atoms. The van der Waals surface area contributed by atoms with Crippen LogP contribution in [0.15, 0.2) is 36.8 Å². The maximum Gasteiger partial charge on any atom is 0.178 e. The van der Waals surface area contributed by atoms with Crippen LogP contribution in [0, 0.1) is 11.3 Å². The van der Waals surface area contributed by atoms with E-state index in [9.17, 15) is 9.65 Å². The fourth-order valence-corrected chi connectivity index (χ4v) is 2.75. The number of alkyl halides is 1. The minimum Gasteiger partial charge on any atom is -0.497 e. The van der Waals surface area contributed by atoms with E-state index < -0.39 is 6.67 Å². The second-order valence-electron chi connectivity index (χ2n) is 5.85. The molecular weight excluding hydrogens is 379 g/mol. The van der Waals surface area contributed by atoms with Crippen molar-refractivity contribution >= 4 is 22.8 Å². The molecule has 0 aliphatic rings. The lowest BCUT2D eigenvalue weighted by Crippen LogP contribution is -2.08. The molecule has 0 saturated carbocycles. The van der Waals surface area contributed by atoms with Gasteiger partial charge < -0.3 is 15.4 Å². The highest BCUT2D eigenvalue weighted by atomic mass is 19.1. The van der Waals surface area contributed by atoms with E-state index in [0.29, 0.717) is 34.3 Å². The fourth-order valence-electron chi connectivity index (χ4n) is 2.75. The van der Waals surface area contributed by atoms with E-state index in [1.807, 2.05) is 6.07 Å². The van der Waals surface area contributed by atoms with Crippen LogP contribution in [-0.2, 0) is 0 Å². The predicted molar refractivity (Wildman–Crippen MR) is 101 cm³/mol. The second kappa shape index (κ2) is 7.77. The summed E-state index contributed by atoms with van der Waals surface area (Å²) < 4.78 is 20.9. The third-order valence-corrected chi connectivity index (χ3v) is 4.01. The summed E-state index contributed by atoms with van der Waals surface area (Å²) in [6.45, 7) is -0.440. The third kappa shape index (κ3) is 3.61. The second-order valence-corrected chi connectivity index (χ2v) is 5.85. The molecule has 0 amide bonds. The van der Waals surface area contributed by atoms with E-state index in [2.05, 4.69) is 36.2 Å². The summed E-state index contributed by atoms with van der Waals surface area (Å²) in [5.74, 6) is 1.00. The number of halogens is 1. The highest BCUT2D eigenvalue weighted by Crippen LogP contribution is 2.27. The molecule has 1 aromatic carbocycles. The zero-order chi connectivity index (χ0) is 20.2. The molecule has 2 N–H and O–H groups in total.